The summed E-state index contributed by atoms with van der Waals surface area (Å²) in [6.45, 7) is 1.27. The standard InChI is InChI=1S/C10H10O4/c1-7(11)6-14-9-5-3-2-4-8(9)10(12)13/h2-5H,6H2,1H3,(H,12,13). The molecule has 0 aliphatic rings. The first-order valence-electron chi connectivity index (χ1n) is 4.06. The van der Waals surface area contributed by atoms with Gasteiger partial charge in [-0.25, -0.2) is 4.79 Å². The summed E-state index contributed by atoms with van der Waals surface area (Å²) < 4.78 is 5.03. The molecular weight excluding hydrogens is 184 g/mol. The van der Waals surface area contributed by atoms with Crippen LogP contribution in [0.15, 0.2) is 24.3 Å². The van der Waals surface area contributed by atoms with Crippen molar-refractivity contribution in [1.29, 1.82) is 0 Å². The molecule has 0 aliphatic heterocycles. The highest BCUT2D eigenvalue weighted by molar-refractivity contribution is 5.91. The van der Waals surface area contributed by atoms with Crippen molar-refractivity contribution in [3.8, 4) is 5.75 Å². The number of carbonyl (C=O) groups is 2. The van der Waals surface area contributed by atoms with Gasteiger partial charge in [-0.3, -0.25) is 4.79 Å². The van der Waals surface area contributed by atoms with Crippen LogP contribution in [0.1, 0.15) is 17.3 Å². The maximum Gasteiger partial charge on any atom is 0.339 e. The van der Waals surface area contributed by atoms with Crippen LogP contribution < -0.4 is 4.74 Å². The molecule has 74 valence electrons. The quantitative estimate of drug-likeness (QED) is 0.785. The molecule has 0 aromatic heterocycles. The topological polar surface area (TPSA) is 63.6 Å². The van der Waals surface area contributed by atoms with E-state index in [9.17, 15) is 9.59 Å². The van der Waals surface area contributed by atoms with E-state index >= 15 is 0 Å². The van der Waals surface area contributed by atoms with Crippen molar-refractivity contribution < 1.29 is 19.4 Å². The molecule has 1 aromatic carbocycles. The van der Waals surface area contributed by atoms with Crippen LogP contribution in [-0.4, -0.2) is 23.5 Å². The van der Waals surface area contributed by atoms with Crippen molar-refractivity contribution in [3.63, 3.8) is 0 Å². The minimum atomic E-state index is -1.07. The molecule has 0 bridgehead atoms. The van der Waals surface area contributed by atoms with Gasteiger partial charge in [-0.05, 0) is 19.1 Å². The van der Waals surface area contributed by atoms with Gasteiger partial charge in [-0.2, -0.15) is 0 Å². The molecule has 0 saturated heterocycles. The first-order chi connectivity index (χ1) is 6.61. The smallest absolute Gasteiger partial charge is 0.339 e. The first kappa shape index (κ1) is 10.2. The zero-order chi connectivity index (χ0) is 10.6. The molecule has 1 rings (SSSR count). The van der Waals surface area contributed by atoms with Crippen molar-refractivity contribution in [2.24, 2.45) is 0 Å². The number of carbonyl (C=O) groups excluding carboxylic acids is 1. The van der Waals surface area contributed by atoms with Gasteiger partial charge in [0.25, 0.3) is 0 Å². The number of aromatic carboxylic acids is 1. The Labute approximate surface area is 81.1 Å². The Hall–Kier alpha value is -1.84. The Morgan fingerprint density at radius 1 is 1.36 bits per heavy atom. The summed E-state index contributed by atoms with van der Waals surface area (Å²) in [7, 11) is 0. The highest BCUT2D eigenvalue weighted by Crippen LogP contribution is 2.17. The Kier molecular flexibility index (Phi) is 3.23. The number of carboxylic acids is 1. The Bertz CT molecular complexity index is 357. The van der Waals surface area contributed by atoms with Crippen molar-refractivity contribution in [2.75, 3.05) is 6.61 Å². The number of ether oxygens (including phenoxy) is 1. The van der Waals surface area contributed by atoms with Crippen LogP contribution >= 0.6 is 0 Å². The Morgan fingerprint density at radius 2 is 2.00 bits per heavy atom. The van der Waals surface area contributed by atoms with E-state index in [-0.39, 0.29) is 23.7 Å². The van der Waals surface area contributed by atoms with E-state index in [2.05, 4.69) is 0 Å². The molecule has 0 aliphatic carbocycles. The van der Waals surface area contributed by atoms with Gasteiger partial charge in [-0.15, -0.1) is 0 Å². The van der Waals surface area contributed by atoms with Crippen LogP contribution in [0.25, 0.3) is 0 Å². The van der Waals surface area contributed by atoms with Gasteiger partial charge in [0.15, 0.2) is 5.78 Å². The lowest BCUT2D eigenvalue weighted by molar-refractivity contribution is -0.118. The average Bonchev–Trinajstić information content (AvgIpc) is 2.15. The molecule has 14 heavy (non-hydrogen) atoms. The third kappa shape index (κ3) is 2.58. The number of Topliss-reactive ketones (excluding diaryl/α,β-unsaturated/α-hetero) is 1. The molecule has 4 heteroatoms. The molecule has 0 radical (unpaired) electrons. The van der Waals surface area contributed by atoms with Gasteiger partial charge in [-0.1, -0.05) is 12.1 Å². The molecule has 4 nitrogen and oxygen atoms in total. The number of benzene rings is 1. The summed E-state index contributed by atoms with van der Waals surface area (Å²) in [6, 6.07) is 6.20. The van der Waals surface area contributed by atoms with Crippen LogP contribution in [0.3, 0.4) is 0 Å². The minimum absolute atomic E-state index is 0.0637. The van der Waals surface area contributed by atoms with E-state index in [0.717, 1.165) is 0 Å². The van der Waals surface area contributed by atoms with Gasteiger partial charge in [0.2, 0.25) is 0 Å². The SMILES string of the molecule is CC(=O)COc1ccccc1C(=O)O. The van der Waals surface area contributed by atoms with E-state index in [0.29, 0.717) is 0 Å². The number of carboxylic acid groups (broad SMARTS) is 1. The predicted octanol–water partition coefficient (Wildman–Crippen LogP) is 1.35. The van der Waals surface area contributed by atoms with Gasteiger partial charge in [0, 0.05) is 0 Å². The monoisotopic (exact) mass is 194 g/mol. The summed E-state index contributed by atoms with van der Waals surface area (Å²) in [5.41, 5.74) is 0.0637. The number of hydrogen-bond acceptors (Lipinski definition) is 3. The maximum absolute atomic E-state index is 10.7. The number of para-hydroxylation sites is 1. The second-order valence-corrected chi connectivity index (χ2v) is 2.79. The fraction of sp³-hybridized carbons (Fsp3) is 0.200. The van der Waals surface area contributed by atoms with Crippen molar-refractivity contribution in [1.82, 2.24) is 0 Å². The van der Waals surface area contributed by atoms with Crippen LogP contribution in [0, 0.1) is 0 Å². The molecule has 1 N–H and O–H groups in total. The number of rotatable bonds is 4. The van der Waals surface area contributed by atoms with E-state index in [1.54, 1.807) is 12.1 Å². The van der Waals surface area contributed by atoms with Gasteiger partial charge in [0.05, 0.1) is 0 Å². The van der Waals surface area contributed by atoms with E-state index in [1.807, 2.05) is 0 Å². The summed E-state index contributed by atoms with van der Waals surface area (Å²) in [5, 5.41) is 8.77. The van der Waals surface area contributed by atoms with Crippen molar-refractivity contribution in [3.05, 3.63) is 29.8 Å². The summed E-state index contributed by atoms with van der Waals surface area (Å²) in [5.74, 6) is -0.996. The number of ketones is 1. The molecule has 0 amide bonds. The van der Waals surface area contributed by atoms with E-state index < -0.39 is 5.97 Å². The molecule has 0 atom stereocenters. The zero-order valence-electron chi connectivity index (χ0n) is 7.69. The molecular formula is C10H10O4. The Balaban J connectivity index is 2.84. The molecule has 0 fully saturated rings. The van der Waals surface area contributed by atoms with Crippen LogP contribution in [0.2, 0.25) is 0 Å². The molecule has 0 heterocycles. The fourth-order valence-corrected chi connectivity index (χ4v) is 0.949. The van der Waals surface area contributed by atoms with E-state index in [1.165, 1.54) is 19.1 Å². The minimum Gasteiger partial charge on any atom is -0.485 e. The second-order valence-electron chi connectivity index (χ2n) is 2.79. The zero-order valence-corrected chi connectivity index (χ0v) is 7.69. The van der Waals surface area contributed by atoms with Gasteiger partial charge < -0.3 is 9.84 Å². The second kappa shape index (κ2) is 4.41. The average molecular weight is 194 g/mol. The predicted molar refractivity (Wildman–Crippen MR) is 49.6 cm³/mol. The third-order valence-corrected chi connectivity index (χ3v) is 1.55. The van der Waals surface area contributed by atoms with Crippen molar-refractivity contribution in [2.45, 2.75) is 6.92 Å². The Morgan fingerprint density at radius 3 is 2.57 bits per heavy atom. The normalized spacial score (nSPS) is 9.50. The summed E-state index contributed by atoms with van der Waals surface area (Å²) in [4.78, 5) is 21.3. The molecule has 0 spiro atoms. The first-order valence-corrected chi connectivity index (χ1v) is 4.06. The molecule has 0 saturated carbocycles. The van der Waals surface area contributed by atoms with Crippen molar-refractivity contribution >= 4 is 11.8 Å². The van der Waals surface area contributed by atoms with Crippen LogP contribution in [-0.2, 0) is 4.79 Å². The fourth-order valence-electron chi connectivity index (χ4n) is 0.949. The molecule has 1 aromatic rings. The lowest BCUT2D eigenvalue weighted by atomic mass is 10.2. The maximum atomic E-state index is 10.7. The lowest BCUT2D eigenvalue weighted by Crippen LogP contribution is -2.09. The lowest BCUT2D eigenvalue weighted by Gasteiger charge is -2.06. The highest BCUT2D eigenvalue weighted by Gasteiger charge is 2.10. The summed E-state index contributed by atoms with van der Waals surface area (Å²) >= 11 is 0. The number of hydrogen-bond donors (Lipinski definition) is 1. The highest BCUT2D eigenvalue weighted by atomic mass is 16.5. The molecule has 0 unspecified atom stereocenters. The summed E-state index contributed by atoms with van der Waals surface area (Å²) in [6.07, 6.45) is 0. The van der Waals surface area contributed by atoms with Crippen LogP contribution in [0.4, 0.5) is 0 Å². The van der Waals surface area contributed by atoms with Gasteiger partial charge in [0.1, 0.15) is 17.9 Å². The largest absolute Gasteiger partial charge is 0.485 e. The van der Waals surface area contributed by atoms with E-state index in [4.69, 9.17) is 9.84 Å². The third-order valence-electron chi connectivity index (χ3n) is 1.55. The van der Waals surface area contributed by atoms with Gasteiger partial charge >= 0.3 is 5.97 Å². The van der Waals surface area contributed by atoms with Crippen LogP contribution in [0.5, 0.6) is 5.75 Å².